The van der Waals surface area contributed by atoms with Gasteiger partial charge < -0.3 is 15.1 Å². The topological polar surface area (TPSA) is 63.0 Å². The quantitative estimate of drug-likeness (QED) is 0.841. The SMILES string of the molecule is CC(C)NCc1nnc(NC(C)c2ccsc2)o1. The largest absolute Gasteiger partial charge is 0.407 e. The summed E-state index contributed by atoms with van der Waals surface area (Å²) in [5, 5.41) is 18.5. The Balaban J connectivity index is 1.90. The fourth-order valence-electron chi connectivity index (χ4n) is 1.46. The zero-order valence-electron chi connectivity index (χ0n) is 10.8. The van der Waals surface area contributed by atoms with Crippen molar-refractivity contribution in [2.75, 3.05) is 5.32 Å². The Morgan fingerprint density at radius 1 is 1.33 bits per heavy atom. The zero-order chi connectivity index (χ0) is 13.0. The third-order valence-electron chi connectivity index (χ3n) is 2.51. The van der Waals surface area contributed by atoms with Crippen molar-refractivity contribution in [3.8, 4) is 0 Å². The van der Waals surface area contributed by atoms with Gasteiger partial charge in [0.15, 0.2) is 0 Å². The van der Waals surface area contributed by atoms with Crippen LogP contribution in [-0.2, 0) is 6.54 Å². The molecule has 0 spiro atoms. The van der Waals surface area contributed by atoms with Crippen LogP contribution in [0.15, 0.2) is 21.2 Å². The average Bonchev–Trinajstić information content (AvgIpc) is 2.97. The van der Waals surface area contributed by atoms with Gasteiger partial charge in [-0.25, -0.2) is 0 Å². The van der Waals surface area contributed by atoms with Crippen LogP contribution in [0.3, 0.4) is 0 Å². The van der Waals surface area contributed by atoms with E-state index >= 15 is 0 Å². The van der Waals surface area contributed by atoms with Gasteiger partial charge in [-0.3, -0.25) is 0 Å². The fourth-order valence-corrected chi connectivity index (χ4v) is 2.22. The van der Waals surface area contributed by atoms with Gasteiger partial charge >= 0.3 is 6.01 Å². The Kier molecular flexibility index (Phi) is 4.33. The first-order chi connectivity index (χ1) is 8.65. The van der Waals surface area contributed by atoms with Crippen molar-refractivity contribution in [3.05, 3.63) is 28.3 Å². The Morgan fingerprint density at radius 2 is 2.17 bits per heavy atom. The van der Waals surface area contributed by atoms with Crippen molar-refractivity contribution in [2.24, 2.45) is 0 Å². The molecule has 0 aliphatic carbocycles. The van der Waals surface area contributed by atoms with E-state index in [1.165, 1.54) is 5.56 Å². The van der Waals surface area contributed by atoms with E-state index in [2.05, 4.69) is 58.4 Å². The molecule has 2 aromatic rings. The molecule has 0 saturated heterocycles. The van der Waals surface area contributed by atoms with E-state index in [0.717, 1.165) is 0 Å². The zero-order valence-corrected chi connectivity index (χ0v) is 11.6. The van der Waals surface area contributed by atoms with Crippen LogP contribution in [0.5, 0.6) is 0 Å². The Bertz CT molecular complexity index is 466. The summed E-state index contributed by atoms with van der Waals surface area (Å²) >= 11 is 1.68. The molecule has 1 atom stereocenters. The number of rotatable bonds is 6. The van der Waals surface area contributed by atoms with Crippen LogP contribution in [0.1, 0.15) is 38.3 Å². The summed E-state index contributed by atoms with van der Waals surface area (Å²) < 4.78 is 5.51. The fraction of sp³-hybridized carbons (Fsp3) is 0.500. The molecule has 0 aliphatic rings. The normalized spacial score (nSPS) is 12.9. The van der Waals surface area contributed by atoms with Gasteiger partial charge in [0.2, 0.25) is 5.89 Å². The lowest BCUT2D eigenvalue weighted by Crippen LogP contribution is -2.21. The van der Waals surface area contributed by atoms with Gasteiger partial charge in [0.25, 0.3) is 0 Å². The van der Waals surface area contributed by atoms with Crippen LogP contribution in [-0.4, -0.2) is 16.2 Å². The van der Waals surface area contributed by atoms with E-state index in [1.54, 1.807) is 11.3 Å². The van der Waals surface area contributed by atoms with Gasteiger partial charge in [-0.05, 0) is 29.3 Å². The molecule has 0 bridgehead atoms. The van der Waals surface area contributed by atoms with Gasteiger partial charge in [-0.15, -0.1) is 5.10 Å². The van der Waals surface area contributed by atoms with Crippen molar-refractivity contribution in [1.82, 2.24) is 15.5 Å². The van der Waals surface area contributed by atoms with Crippen LogP contribution in [0.4, 0.5) is 6.01 Å². The summed E-state index contributed by atoms with van der Waals surface area (Å²) in [6.45, 7) is 6.82. The van der Waals surface area contributed by atoms with Gasteiger partial charge in [0, 0.05) is 6.04 Å². The minimum Gasteiger partial charge on any atom is -0.407 e. The summed E-state index contributed by atoms with van der Waals surface area (Å²) in [6, 6.07) is 3.12. The van der Waals surface area contributed by atoms with E-state index in [0.29, 0.717) is 24.5 Å². The van der Waals surface area contributed by atoms with Gasteiger partial charge in [-0.1, -0.05) is 18.9 Å². The number of nitrogens with zero attached hydrogens (tertiary/aromatic N) is 2. The van der Waals surface area contributed by atoms with Crippen molar-refractivity contribution in [3.63, 3.8) is 0 Å². The summed E-state index contributed by atoms with van der Waals surface area (Å²) in [5.74, 6) is 0.601. The molecule has 2 rings (SSSR count). The summed E-state index contributed by atoms with van der Waals surface area (Å²) in [6.07, 6.45) is 0. The highest BCUT2D eigenvalue weighted by molar-refractivity contribution is 7.07. The first-order valence-corrected chi connectivity index (χ1v) is 6.94. The van der Waals surface area contributed by atoms with E-state index in [1.807, 2.05) is 0 Å². The van der Waals surface area contributed by atoms with Crippen LogP contribution in [0.2, 0.25) is 0 Å². The van der Waals surface area contributed by atoms with Gasteiger partial charge in [-0.2, -0.15) is 11.3 Å². The highest BCUT2D eigenvalue weighted by Crippen LogP contribution is 2.20. The Hall–Kier alpha value is -1.40. The van der Waals surface area contributed by atoms with Crippen LogP contribution in [0, 0.1) is 0 Å². The molecular weight excluding hydrogens is 248 g/mol. The Morgan fingerprint density at radius 3 is 2.83 bits per heavy atom. The Labute approximate surface area is 111 Å². The lowest BCUT2D eigenvalue weighted by Gasteiger charge is -2.09. The number of thiophene rings is 1. The third kappa shape index (κ3) is 3.54. The van der Waals surface area contributed by atoms with Crippen LogP contribution in [0.25, 0.3) is 0 Å². The predicted octanol–water partition coefficient (Wildman–Crippen LogP) is 2.80. The number of hydrogen-bond donors (Lipinski definition) is 2. The molecule has 1 unspecified atom stereocenters. The molecule has 2 heterocycles. The molecular formula is C12H18N4OS. The second-order valence-corrected chi connectivity index (χ2v) is 5.24. The smallest absolute Gasteiger partial charge is 0.315 e. The molecule has 2 aromatic heterocycles. The number of anilines is 1. The maximum Gasteiger partial charge on any atom is 0.315 e. The molecule has 0 aliphatic heterocycles. The maximum atomic E-state index is 5.51. The molecule has 6 heteroatoms. The lowest BCUT2D eigenvalue weighted by molar-refractivity contribution is 0.456. The standard InChI is InChI=1S/C12H18N4OS/c1-8(2)13-6-11-15-16-12(17-11)14-9(3)10-4-5-18-7-10/h4-5,7-9,13H,6H2,1-3H3,(H,14,16). The van der Waals surface area contributed by atoms with E-state index < -0.39 is 0 Å². The third-order valence-corrected chi connectivity index (χ3v) is 3.21. The lowest BCUT2D eigenvalue weighted by atomic mass is 10.2. The second-order valence-electron chi connectivity index (χ2n) is 4.46. The minimum atomic E-state index is 0.169. The molecule has 0 saturated carbocycles. The number of hydrogen-bond acceptors (Lipinski definition) is 6. The second kappa shape index (κ2) is 5.97. The first kappa shape index (κ1) is 13.0. The highest BCUT2D eigenvalue weighted by Gasteiger charge is 2.11. The van der Waals surface area contributed by atoms with Crippen molar-refractivity contribution in [2.45, 2.75) is 39.4 Å². The molecule has 2 N–H and O–H groups in total. The minimum absolute atomic E-state index is 0.169. The van der Waals surface area contributed by atoms with Gasteiger partial charge in [0.1, 0.15) is 0 Å². The molecule has 0 radical (unpaired) electrons. The molecule has 0 fully saturated rings. The summed E-state index contributed by atoms with van der Waals surface area (Å²) in [4.78, 5) is 0. The highest BCUT2D eigenvalue weighted by atomic mass is 32.1. The maximum absolute atomic E-state index is 5.51. The molecule has 18 heavy (non-hydrogen) atoms. The molecule has 5 nitrogen and oxygen atoms in total. The van der Waals surface area contributed by atoms with E-state index in [-0.39, 0.29) is 6.04 Å². The number of nitrogens with one attached hydrogen (secondary N) is 2. The summed E-state index contributed by atoms with van der Waals surface area (Å²) in [5.41, 5.74) is 1.22. The molecule has 0 aromatic carbocycles. The predicted molar refractivity (Wildman–Crippen MR) is 72.6 cm³/mol. The number of aromatic nitrogens is 2. The van der Waals surface area contributed by atoms with Gasteiger partial charge in [0.05, 0.1) is 12.6 Å². The van der Waals surface area contributed by atoms with E-state index in [4.69, 9.17) is 4.42 Å². The first-order valence-electron chi connectivity index (χ1n) is 5.99. The summed E-state index contributed by atoms with van der Waals surface area (Å²) in [7, 11) is 0. The van der Waals surface area contributed by atoms with E-state index in [9.17, 15) is 0 Å². The van der Waals surface area contributed by atoms with Crippen LogP contribution < -0.4 is 10.6 Å². The van der Waals surface area contributed by atoms with Crippen LogP contribution >= 0.6 is 11.3 Å². The monoisotopic (exact) mass is 266 g/mol. The van der Waals surface area contributed by atoms with Crippen molar-refractivity contribution in [1.29, 1.82) is 0 Å². The van der Waals surface area contributed by atoms with Crippen molar-refractivity contribution < 1.29 is 4.42 Å². The molecule has 98 valence electrons. The van der Waals surface area contributed by atoms with Crippen molar-refractivity contribution >= 4 is 17.4 Å². The average molecular weight is 266 g/mol. The molecule has 0 amide bonds.